The third-order valence-corrected chi connectivity index (χ3v) is 2.24. The molecular weight excluding hydrogens is 212 g/mol. The Morgan fingerprint density at radius 3 is 2.56 bits per heavy atom. The lowest BCUT2D eigenvalue weighted by Crippen LogP contribution is -2.13. The van der Waals surface area contributed by atoms with Crippen LogP contribution in [0.15, 0.2) is 24.3 Å². The summed E-state index contributed by atoms with van der Waals surface area (Å²) in [5, 5.41) is 0. The molecule has 1 aromatic rings. The molecule has 0 aliphatic rings. The van der Waals surface area contributed by atoms with Crippen molar-refractivity contribution in [3.8, 4) is 5.75 Å². The molecule has 1 rings (SSSR count). The third-order valence-electron chi connectivity index (χ3n) is 2.24. The molecule has 2 nitrogen and oxygen atoms in total. The average molecular weight is 229 g/mol. The highest BCUT2D eigenvalue weighted by Gasteiger charge is 2.10. The molecule has 0 aromatic heterocycles. The molecule has 0 bridgehead atoms. The Kier molecular flexibility index (Phi) is 4.68. The molecule has 0 heterocycles. The summed E-state index contributed by atoms with van der Waals surface area (Å²) in [7, 11) is 0. The first-order chi connectivity index (χ1) is 7.49. The minimum atomic E-state index is -2.79. The lowest BCUT2D eigenvalue weighted by atomic mass is 9.98. The predicted molar refractivity (Wildman–Crippen MR) is 59.5 cm³/mol. The molecule has 90 valence electrons. The largest absolute Gasteiger partial charge is 0.435 e. The molecule has 0 unspecified atom stereocenters. The van der Waals surface area contributed by atoms with E-state index in [0.717, 1.165) is 12.0 Å². The summed E-state index contributed by atoms with van der Waals surface area (Å²) in [4.78, 5) is 0. The van der Waals surface area contributed by atoms with Gasteiger partial charge < -0.3 is 10.5 Å². The normalized spacial score (nSPS) is 13.2. The minimum Gasteiger partial charge on any atom is -0.435 e. The van der Waals surface area contributed by atoms with Crippen LogP contribution in [0.25, 0.3) is 0 Å². The Morgan fingerprint density at radius 2 is 2.00 bits per heavy atom. The van der Waals surface area contributed by atoms with Crippen LogP contribution < -0.4 is 10.5 Å². The van der Waals surface area contributed by atoms with Crippen LogP contribution in [0.4, 0.5) is 8.78 Å². The highest BCUT2D eigenvalue weighted by atomic mass is 19.3. The Hall–Kier alpha value is -1.16. The van der Waals surface area contributed by atoms with Crippen molar-refractivity contribution < 1.29 is 13.5 Å². The van der Waals surface area contributed by atoms with Crippen LogP contribution in [0, 0.1) is 5.92 Å². The van der Waals surface area contributed by atoms with Gasteiger partial charge in [-0.2, -0.15) is 8.78 Å². The second-order valence-corrected chi connectivity index (χ2v) is 4.19. The van der Waals surface area contributed by atoms with Crippen LogP contribution in [0.5, 0.6) is 5.75 Å². The van der Waals surface area contributed by atoms with Crippen molar-refractivity contribution in [3.63, 3.8) is 0 Å². The van der Waals surface area contributed by atoms with Crippen LogP contribution in [-0.4, -0.2) is 6.61 Å². The number of halogens is 2. The molecule has 1 atom stereocenters. The monoisotopic (exact) mass is 229 g/mol. The molecule has 2 N–H and O–H groups in total. The zero-order valence-electron chi connectivity index (χ0n) is 9.49. The van der Waals surface area contributed by atoms with Gasteiger partial charge in [0.15, 0.2) is 0 Å². The Bertz CT molecular complexity index is 329. The molecule has 0 saturated heterocycles. The van der Waals surface area contributed by atoms with Gasteiger partial charge in [-0.1, -0.05) is 26.0 Å². The standard InChI is InChI=1S/C12H17F2NO/c1-8(2)6-11(15)9-4-3-5-10(7-9)16-12(13)14/h3-5,7-8,11-12H,6,15H2,1-2H3/t11-/m1/s1. The topological polar surface area (TPSA) is 35.2 Å². The first kappa shape index (κ1) is 12.9. The van der Waals surface area contributed by atoms with E-state index in [0.29, 0.717) is 5.92 Å². The lowest BCUT2D eigenvalue weighted by Gasteiger charge is -2.15. The predicted octanol–water partition coefficient (Wildman–Crippen LogP) is 3.33. The van der Waals surface area contributed by atoms with Gasteiger partial charge in [-0.05, 0) is 30.0 Å². The van der Waals surface area contributed by atoms with Gasteiger partial charge in [-0.3, -0.25) is 0 Å². The molecule has 0 aliphatic heterocycles. The van der Waals surface area contributed by atoms with E-state index in [1.54, 1.807) is 12.1 Å². The average Bonchev–Trinajstić information content (AvgIpc) is 2.16. The summed E-state index contributed by atoms with van der Waals surface area (Å²) in [6.45, 7) is 1.34. The van der Waals surface area contributed by atoms with Crippen molar-refractivity contribution in [2.75, 3.05) is 0 Å². The van der Waals surface area contributed by atoms with E-state index in [2.05, 4.69) is 18.6 Å². The molecule has 0 spiro atoms. The second kappa shape index (κ2) is 5.80. The summed E-state index contributed by atoms with van der Waals surface area (Å²) in [5.74, 6) is 0.626. The van der Waals surface area contributed by atoms with Crippen LogP contribution >= 0.6 is 0 Å². The van der Waals surface area contributed by atoms with Gasteiger partial charge in [0.25, 0.3) is 0 Å². The lowest BCUT2D eigenvalue weighted by molar-refractivity contribution is -0.0499. The quantitative estimate of drug-likeness (QED) is 0.840. The molecule has 0 fully saturated rings. The maximum Gasteiger partial charge on any atom is 0.387 e. The third kappa shape index (κ3) is 4.14. The van der Waals surface area contributed by atoms with Gasteiger partial charge >= 0.3 is 6.61 Å². The Morgan fingerprint density at radius 1 is 1.31 bits per heavy atom. The number of rotatable bonds is 5. The summed E-state index contributed by atoms with van der Waals surface area (Å²) in [5.41, 5.74) is 6.78. The summed E-state index contributed by atoms with van der Waals surface area (Å²) < 4.78 is 28.3. The summed E-state index contributed by atoms with van der Waals surface area (Å²) >= 11 is 0. The van der Waals surface area contributed by atoms with Gasteiger partial charge in [-0.15, -0.1) is 0 Å². The number of benzene rings is 1. The fourth-order valence-corrected chi connectivity index (χ4v) is 1.57. The molecule has 0 aliphatic carbocycles. The highest BCUT2D eigenvalue weighted by Crippen LogP contribution is 2.23. The van der Waals surface area contributed by atoms with Crippen molar-refractivity contribution in [2.24, 2.45) is 11.7 Å². The maximum absolute atomic E-state index is 12.0. The van der Waals surface area contributed by atoms with E-state index in [9.17, 15) is 8.78 Å². The molecule has 1 aromatic carbocycles. The van der Waals surface area contributed by atoms with Crippen molar-refractivity contribution in [3.05, 3.63) is 29.8 Å². The first-order valence-corrected chi connectivity index (χ1v) is 5.29. The van der Waals surface area contributed by atoms with Crippen LogP contribution in [-0.2, 0) is 0 Å². The molecule has 0 radical (unpaired) electrons. The number of hydrogen-bond acceptors (Lipinski definition) is 2. The van der Waals surface area contributed by atoms with Gasteiger partial charge in [0.1, 0.15) is 5.75 Å². The van der Waals surface area contributed by atoms with E-state index >= 15 is 0 Å². The fourth-order valence-electron chi connectivity index (χ4n) is 1.57. The smallest absolute Gasteiger partial charge is 0.387 e. The number of ether oxygens (including phenoxy) is 1. The Balaban J connectivity index is 2.73. The van der Waals surface area contributed by atoms with Crippen molar-refractivity contribution in [2.45, 2.75) is 32.9 Å². The molecule has 0 saturated carbocycles. The van der Waals surface area contributed by atoms with E-state index in [1.807, 2.05) is 6.07 Å². The summed E-state index contributed by atoms with van der Waals surface area (Å²) in [6, 6.07) is 6.43. The number of nitrogens with two attached hydrogens (primary N) is 1. The molecular formula is C12H17F2NO. The highest BCUT2D eigenvalue weighted by molar-refractivity contribution is 5.30. The number of alkyl halides is 2. The Labute approximate surface area is 94.4 Å². The zero-order chi connectivity index (χ0) is 12.1. The van der Waals surface area contributed by atoms with Crippen LogP contribution in [0.1, 0.15) is 31.9 Å². The van der Waals surface area contributed by atoms with E-state index < -0.39 is 6.61 Å². The number of hydrogen-bond donors (Lipinski definition) is 1. The van der Waals surface area contributed by atoms with E-state index in [1.165, 1.54) is 6.07 Å². The van der Waals surface area contributed by atoms with Gasteiger partial charge in [-0.25, -0.2) is 0 Å². The second-order valence-electron chi connectivity index (χ2n) is 4.19. The molecule has 4 heteroatoms. The van der Waals surface area contributed by atoms with E-state index in [-0.39, 0.29) is 11.8 Å². The van der Waals surface area contributed by atoms with Crippen LogP contribution in [0.3, 0.4) is 0 Å². The van der Waals surface area contributed by atoms with Gasteiger partial charge in [0.05, 0.1) is 0 Å². The van der Waals surface area contributed by atoms with Crippen molar-refractivity contribution >= 4 is 0 Å². The summed E-state index contributed by atoms with van der Waals surface area (Å²) in [6.07, 6.45) is 0.818. The van der Waals surface area contributed by atoms with Gasteiger partial charge in [0, 0.05) is 6.04 Å². The molecule has 16 heavy (non-hydrogen) atoms. The van der Waals surface area contributed by atoms with Gasteiger partial charge in [0.2, 0.25) is 0 Å². The minimum absolute atomic E-state index is 0.138. The SMILES string of the molecule is CC(C)C[C@@H](N)c1cccc(OC(F)F)c1. The fraction of sp³-hybridized carbons (Fsp3) is 0.500. The van der Waals surface area contributed by atoms with E-state index in [4.69, 9.17) is 5.73 Å². The zero-order valence-corrected chi connectivity index (χ0v) is 9.49. The molecule has 0 amide bonds. The van der Waals surface area contributed by atoms with Crippen LogP contribution in [0.2, 0.25) is 0 Å². The maximum atomic E-state index is 12.0. The van der Waals surface area contributed by atoms with Crippen molar-refractivity contribution in [1.82, 2.24) is 0 Å². The van der Waals surface area contributed by atoms with Crippen molar-refractivity contribution in [1.29, 1.82) is 0 Å². The first-order valence-electron chi connectivity index (χ1n) is 5.29.